The van der Waals surface area contributed by atoms with Gasteiger partial charge in [0.1, 0.15) is 5.75 Å². The van der Waals surface area contributed by atoms with Gasteiger partial charge in [0.15, 0.2) is 0 Å². The van der Waals surface area contributed by atoms with E-state index in [2.05, 4.69) is 15.4 Å². The van der Waals surface area contributed by atoms with Crippen molar-refractivity contribution < 1.29 is 23.0 Å². The van der Waals surface area contributed by atoms with Gasteiger partial charge in [-0.2, -0.15) is 0 Å². The highest BCUT2D eigenvalue weighted by Crippen LogP contribution is 2.29. The second kappa shape index (κ2) is 8.41. The Bertz CT molecular complexity index is 916. The first-order chi connectivity index (χ1) is 13.3. The number of aliphatic hydroxyl groups is 1. The largest absolute Gasteiger partial charge is 0.573 e. The molecule has 0 bridgehead atoms. The number of rotatable bonds is 6. The van der Waals surface area contributed by atoms with Crippen molar-refractivity contribution in [3.63, 3.8) is 0 Å². The average molecular weight is 409 g/mol. The van der Waals surface area contributed by atoms with Gasteiger partial charge < -0.3 is 20.5 Å². The summed E-state index contributed by atoms with van der Waals surface area (Å²) in [4.78, 5) is 0. The highest BCUT2D eigenvalue weighted by Gasteiger charge is 2.30. The Morgan fingerprint density at radius 3 is 2.14 bits per heavy atom. The Balaban J connectivity index is 1.68. The molecule has 0 aliphatic rings. The van der Waals surface area contributed by atoms with Gasteiger partial charge >= 0.3 is 6.36 Å². The molecule has 0 aliphatic carbocycles. The number of halogens is 4. The number of hydrogen-bond acceptors (Lipinski definition) is 4. The standard InChI is InChI=1S/C20H16ClF3N2O2/c21-14-7-5-13(6-8-14)17-3-1-2-4-18(17)26-19(27)25-15-9-11-16(12-10-15)28-20(22,23)24/h1-12,19,25-27H. The average Bonchev–Trinajstić information content (AvgIpc) is 2.63. The lowest BCUT2D eigenvalue weighted by Gasteiger charge is -2.19. The van der Waals surface area contributed by atoms with E-state index in [9.17, 15) is 18.3 Å². The molecule has 0 saturated carbocycles. The third-order valence-corrected chi connectivity index (χ3v) is 4.02. The maximum atomic E-state index is 12.2. The number of alkyl halides is 3. The summed E-state index contributed by atoms with van der Waals surface area (Å²) in [6.45, 7) is 0. The van der Waals surface area contributed by atoms with Crippen LogP contribution in [0.25, 0.3) is 11.1 Å². The molecular formula is C20H16ClF3N2O2. The van der Waals surface area contributed by atoms with Gasteiger partial charge in [0.25, 0.3) is 0 Å². The monoisotopic (exact) mass is 408 g/mol. The van der Waals surface area contributed by atoms with Crippen molar-refractivity contribution in [2.45, 2.75) is 12.7 Å². The van der Waals surface area contributed by atoms with Gasteiger partial charge in [-0.05, 0) is 48.0 Å². The number of ether oxygens (including phenoxy) is 1. The van der Waals surface area contributed by atoms with Crippen LogP contribution in [-0.4, -0.2) is 17.8 Å². The summed E-state index contributed by atoms with van der Waals surface area (Å²) in [6, 6.07) is 19.7. The van der Waals surface area contributed by atoms with Crippen LogP contribution < -0.4 is 15.4 Å². The second-order valence-corrected chi connectivity index (χ2v) is 6.25. The maximum Gasteiger partial charge on any atom is 0.573 e. The van der Waals surface area contributed by atoms with Gasteiger partial charge in [-0.3, -0.25) is 0 Å². The number of aliphatic hydroxyl groups excluding tert-OH is 1. The number of nitrogens with one attached hydrogen (secondary N) is 2. The van der Waals surface area contributed by atoms with E-state index in [-0.39, 0.29) is 5.75 Å². The Morgan fingerprint density at radius 1 is 0.857 bits per heavy atom. The van der Waals surface area contributed by atoms with E-state index in [0.29, 0.717) is 16.4 Å². The zero-order chi connectivity index (χ0) is 20.1. The van der Waals surface area contributed by atoms with Crippen molar-refractivity contribution in [1.29, 1.82) is 0 Å². The lowest BCUT2D eigenvalue weighted by atomic mass is 10.0. The predicted octanol–water partition coefficient (Wildman–Crippen LogP) is 5.71. The summed E-state index contributed by atoms with van der Waals surface area (Å²) in [7, 11) is 0. The van der Waals surface area contributed by atoms with E-state index in [4.69, 9.17) is 11.6 Å². The summed E-state index contributed by atoms with van der Waals surface area (Å²) in [5, 5.41) is 16.6. The van der Waals surface area contributed by atoms with Crippen LogP contribution in [-0.2, 0) is 0 Å². The summed E-state index contributed by atoms with van der Waals surface area (Å²) in [6.07, 6.45) is -5.93. The molecule has 0 saturated heterocycles. The van der Waals surface area contributed by atoms with Crippen LogP contribution in [0.4, 0.5) is 24.5 Å². The van der Waals surface area contributed by atoms with Crippen LogP contribution >= 0.6 is 11.6 Å². The number of benzene rings is 3. The van der Waals surface area contributed by atoms with E-state index in [1.54, 1.807) is 18.2 Å². The SMILES string of the molecule is OC(Nc1ccc(OC(F)(F)F)cc1)Nc1ccccc1-c1ccc(Cl)cc1. The van der Waals surface area contributed by atoms with Crippen LogP contribution in [0.2, 0.25) is 5.02 Å². The molecule has 0 fully saturated rings. The van der Waals surface area contributed by atoms with Crippen molar-refractivity contribution in [2.75, 3.05) is 10.6 Å². The van der Waals surface area contributed by atoms with Crippen LogP contribution in [0.3, 0.4) is 0 Å². The first-order valence-corrected chi connectivity index (χ1v) is 8.60. The molecule has 1 unspecified atom stereocenters. The topological polar surface area (TPSA) is 53.5 Å². The summed E-state index contributed by atoms with van der Waals surface area (Å²) >= 11 is 5.92. The lowest BCUT2D eigenvalue weighted by molar-refractivity contribution is -0.274. The smallest absolute Gasteiger partial charge is 0.406 e. The highest BCUT2D eigenvalue weighted by atomic mass is 35.5. The third-order valence-electron chi connectivity index (χ3n) is 3.77. The molecule has 0 radical (unpaired) electrons. The van der Waals surface area contributed by atoms with E-state index in [0.717, 1.165) is 23.3 Å². The van der Waals surface area contributed by atoms with Gasteiger partial charge in [0.05, 0.1) is 0 Å². The predicted molar refractivity (Wildman–Crippen MR) is 103 cm³/mol. The first-order valence-electron chi connectivity index (χ1n) is 8.22. The van der Waals surface area contributed by atoms with Crippen LogP contribution in [0.1, 0.15) is 0 Å². The molecule has 1 atom stereocenters. The highest BCUT2D eigenvalue weighted by molar-refractivity contribution is 6.30. The van der Waals surface area contributed by atoms with Crippen molar-refractivity contribution in [3.05, 3.63) is 77.8 Å². The fourth-order valence-corrected chi connectivity index (χ4v) is 2.71. The van der Waals surface area contributed by atoms with Crippen molar-refractivity contribution in [2.24, 2.45) is 0 Å². The molecule has 3 rings (SSSR count). The Hall–Kier alpha value is -2.90. The molecular weight excluding hydrogens is 393 g/mol. The molecule has 0 spiro atoms. The molecule has 4 nitrogen and oxygen atoms in total. The quantitative estimate of drug-likeness (QED) is 0.457. The fourth-order valence-electron chi connectivity index (χ4n) is 2.58. The van der Waals surface area contributed by atoms with E-state index >= 15 is 0 Å². The molecule has 28 heavy (non-hydrogen) atoms. The minimum Gasteiger partial charge on any atom is -0.406 e. The summed E-state index contributed by atoms with van der Waals surface area (Å²) in [5.41, 5.74) is 2.85. The Labute approximate surface area is 164 Å². The normalized spacial score (nSPS) is 12.3. The van der Waals surface area contributed by atoms with Gasteiger partial charge in [-0.1, -0.05) is 41.9 Å². The lowest BCUT2D eigenvalue weighted by Crippen LogP contribution is -2.28. The molecule has 3 aromatic rings. The molecule has 146 valence electrons. The zero-order valence-electron chi connectivity index (χ0n) is 14.4. The molecule has 3 N–H and O–H groups in total. The van der Waals surface area contributed by atoms with Gasteiger partial charge in [-0.25, -0.2) is 0 Å². The number of anilines is 2. The third kappa shape index (κ3) is 5.55. The zero-order valence-corrected chi connectivity index (χ0v) is 15.1. The molecule has 3 aromatic carbocycles. The Kier molecular flexibility index (Phi) is 5.96. The number of hydrogen-bond donors (Lipinski definition) is 3. The summed E-state index contributed by atoms with van der Waals surface area (Å²) in [5.74, 6) is -0.339. The number of para-hydroxylation sites is 1. The molecule has 0 amide bonds. The fraction of sp³-hybridized carbons (Fsp3) is 0.100. The van der Waals surface area contributed by atoms with E-state index < -0.39 is 12.7 Å². The van der Waals surface area contributed by atoms with Crippen molar-refractivity contribution in [1.82, 2.24) is 0 Å². The van der Waals surface area contributed by atoms with Gasteiger partial charge in [0, 0.05) is 22.0 Å². The van der Waals surface area contributed by atoms with Crippen molar-refractivity contribution >= 4 is 23.0 Å². The van der Waals surface area contributed by atoms with Crippen LogP contribution in [0, 0.1) is 0 Å². The second-order valence-electron chi connectivity index (χ2n) is 5.82. The molecule has 0 heterocycles. The summed E-state index contributed by atoms with van der Waals surface area (Å²) < 4.78 is 40.4. The molecule has 8 heteroatoms. The van der Waals surface area contributed by atoms with Crippen LogP contribution in [0.15, 0.2) is 72.8 Å². The van der Waals surface area contributed by atoms with E-state index in [1.165, 1.54) is 12.1 Å². The minimum atomic E-state index is -4.75. The Morgan fingerprint density at radius 2 is 1.50 bits per heavy atom. The molecule has 0 aliphatic heterocycles. The van der Waals surface area contributed by atoms with Gasteiger partial charge in [0.2, 0.25) is 6.35 Å². The molecule has 0 aromatic heterocycles. The minimum absolute atomic E-state index is 0.339. The van der Waals surface area contributed by atoms with Crippen molar-refractivity contribution in [3.8, 4) is 16.9 Å². The maximum absolute atomic E-state index is 12.2. The van der Waals surface area contributed by atoms with Crippen LogP contribution in [0.5, 0.6) is 5.75 Å². The van der Waals surface area contributed by atoms with E-state index in [1.807, 2.05) is 30.3 Å². The van der Waals surface area contributed by atoms with Gasteiger partial charge in [-0.15, -0.1) is 13.2 Å². The first kappa shape index (κ1) is 19.9.